The number of halogens is 1. The SMILES string of the molecule is ClCCCc1ccc(COc2ccccc2)cc1. The zero-order valence-electron chi connectivity index (χ0n) is 10.3. The highest BCUT2D eigenvalue weighted by atomic mass is 35.5. The summed E-state index contributed by atoms with van der Waals surface area (Å²) in [4.78, 5) is 0. The van der Waals surface area contributed by atoms with Crippen molar-refractivity contribution in [3.63, 3.8) is 0 Å². The lowest BCUT2D eigenvalue weighted by molar-refractivity contribution is 0.306. The van der Waals surface area contributed by atoms with Gasteiger partial charge in [-0.1, -0.05) is 42.5 Å². The van der Waals surface area contributed by atoms with Gasteiger partial charge in [0.15, 0.2) is 0 Å². The minimum absolute atomic E-state index is 0.611. The maximum Gasteiger partial charge on any atom is 0.119 e. The fraction of sp³-hybridized carbons (Fsp3) is 0.250. The average molecular weight is 261 g/mol. The van der Waals surface area contributed by atoms with Gasteiger partial charge < -0.3 is 4.74 Å². The van der Waals surface area contributed by atoms with Crippen LogP contribution in [0.4, 0.5) is 0 Å². The first-order valence-electron chi connectivity index (χ1n) is 6.20. The second-order valence-corrected chi connectivity index (χ2v) is 4.59. The van der Waals surface area contributed by atoms with Crippen molar-refractivity contribution in [2.75, 3.05) is 5.88 Å². The topological polar surface area (TPSA) is 9.23 Å². The summed E-state index contributed by atoms with van der Waals surface area (Å²) in [6.07, 6.45) is 2.07. The van der Waals surface area contributed by atoms with Gasteiger partial charge in [0.1, 0.15) is 12.4 Å². The van der Waals surface area contributed by atoms with Crippen LogP contribution in [-0.4, -0.2) is 5.88 Å². The van der Waals surface area contributed by atoms with Gasteiger partial charge >= 0.3 is 0 Å². The molecule has 0 bridgehead atoms. The van der Waals surface area contributed by atoms with E-state index in [2.05, 4.69) is 24.3 Å². The molecule has 0 aliphatic rings. The Morgan fingerprint density at radius 1 is 0.833 bits per heavy atom. The normalized spacial score (nSPS) is 10.3. The highest BCUT2D eigenvalue weighted by Gasteiger charge is 1.97. The van der Waals surface area contributed by atoms with E-state index in [0.717, 1.165) is 24.5 Å². The Hall–Kier alpha value is -1.47. The quantitative estimate of drug-likeness (QED) is 0.698. The number of rotatable bonds is 6. The molecule has 0 aliphatic carbocycles. The van der Waals surface area contributed by atoms with Crippen molar-refractivity contribution < 1.29 is 4.74 Å². The molecule has 1 nitrogen and oxygen atoms in total. The monoisotopic (exact) mass is 260 g/mol. The molecule has 0 aliphatic heterocycles. The summed E-state index contributed by atoms with van der Waals surface area (Å²) in [6, 6.07) is 18.4. The zero-order valence-corrected chi connectivity index (χ0v) is 11.1. The molecule has 94 valence electrons. The van der Waals surface area contributed by atoms with Crippen LogP contribution in [0.1, 0.15) is 17.5 Å². The van der Waals surface area contributed by atoms with Crippen LogP contribution in [0, 0.1) is 0 Å². The minimum atomic E-state index is 0.611. The Morgan fingerprint density at radius 2 is 1.50 bits per heavy atom. The molecule has 2 aromatic rings. The van der Waals surface area contributed by atoms with Crippen LogP contribution in [0.15, 0.2) is 54.6 Å². The van der Waals surface area contributed by atoms with Crippen LogP contribution in [-0.2, 0) is 13.0 Å². The lowest BCUT2D eigenvalue weighted by Gasteiger charge is -2.07. The van der Waals surface area contributed by atoms with Crippen molar-refractivity contribution in [1.82, 2.24) is 0 Å². The molecular weight excluding hydrogens is 244 g/mol. The lowest BCUT2D eigenvalue weighted by Crippen LogP contribution is -1.95. The zero-order chi connectivity index (χ0) is 12.6. The van der Waals surface area contributed by atoms with Gasteiger partial charge in [0.2, 0.25) is 0 Å². The van der Waals surface area contributed by atoms with E-state index in [1.165, 1.54) is 11.1 Å². The molecule has 0 atom stereocenters. The summed E-state index contributed by atoms with van der Waals surface area (Å²) in [6.45, 7) is 0.611. The van der Waals surface area contributed by atoms with E-state index in [-0.39, 0.29) is 0 Å². The molecule has 0 heterocycles. The summed E-state index contributed by atoms with van der Waals surface area (Å²) < 4.78 is 5.69. The second kappa shape index (κ2) is 7.07. The number of alkyl halides is 1. The number of benzene rings is 2. The first-order chi connectivity index (χ1) is 8.88. The Labute approximate surface area is 113 Å². The van der Waals surface area contributed by atoms with Gasteiger partial charge in [-0.3, -0.25) is 0 Å². The number of ether oxygens (including phenoxy) is 1. The molecule has 0 aromatic heterocycles. The molecule has 0 amide bonds. The van der Waals surface area contributed by atoms with Crippen molar-refractivity contribution in [1.29, 1.82) is 0 Å². The van der Waals surface area contributed by atoms with Gasteiger partial charge in [-0.25, -0.2) is 0 Å². The van der Waals surface area contributed by atoms with E-state index in [4.69, 9.17) is 16.3 Å². The summed E-state index contributed by atoms with van der Waals surface area (Å²) in [7, 11) is 0. The second-order valence-electron chi connectivity index (χ2n) is 4.21. The van der Waals surface area contributed by atoms with Crippen molar-refractivity contribution in [2.24, 2.45) is 0 Å². The molecule has 2 aromatic carbocycles. The Balaban J connectivity index is 1.86. The fourth-order valence-corrected chi connectivity index (χ4v) is 1.89. The lowest BCUT2D eigenvalue weighted by atomic mass is 10.1. The van der Waals surface area contributed by atoms with E-state index in [1.54, 1.807) is 0 Å². The molecule has 0 N–H and O–H groups in total. The first-order valence-corrected chi connectivity index (χ1v) is 6.73. The first kappa shape index (κ1) is 13.0. The molecule has 0 spiro atoms. The summed E-state index contributed by atoms with van der Waals surface area (Å²) in [5.41, 5.74) is 2.52. The molecule has 2 heteroatoms. The van der Waals surface area contributed by atoms with Crippen LogP contribution in [0.2, 0.25) is 0 Å². The van der Waals surface area contributed by atoms with Crippen LogP contribution < -0.4 is 4.74 Å². The number of hydrogen-bond donors (Lipinski definition) is 0. The van der Waals surface area contributed by atoms with Crippen molar-refractivity contribution in [3.05, 3.63) is 65.7 Å². The van der Waals surface area contributed by atoms with E-state index in [1.807, 2.05) is 30.3 Å². The van der Waals surface area contributed by atoms with E-state index < -0.39 is 0 Å². The molecule has 0 saturated heterocycles. The Morgan fingerprint density at radius 3 is 2.17 bits per heavy atom. The van der Waals surface area contributed by atoms with Crippen LogP contribution in [0.5, 0.6) is 5.75 Å². The highest BCUT2D eigenvalue weighted by Crippen LogP contribution is 2.13. The maximum absolute atomic E-state index is 5.69. The third-order valence-electron chi connectivity index (χ3n) is 2.77. The van der Waals surface area contributed by atoms with E-state index in [9.17, 15) is 0 Å². The van der Waals surface area contributed by atoms with Crippen LogP contribution in [0.25, 0.3) is 0 Å². The predicted octanol–water partition coefficient (Wildman–Crippen LogP) is 4.44. The smallest absolute Gasteiger partial charge is 0.119 e. The molecule has 18 heavy (non-hydrogen) atoms. The van der Waals surface area contributed by atoms with Crippen molar-refractivity contribution in [2.45, 2.75) is 19.4 Å². The number of hydrogen-bond acceptors (Lipinski definition) is 1. The third kappa shape index (κ3) is 4.08. The van der Waals surface area contributed by atoms with Crippen LogP contribution in [0.3, 0.4) is 0 Å². The van der Waals surface area contributed by atoms with Crippen LogP contribution >= 0.6 is 11.6 Å². The molecule has 0 fully saturated rings. The predicted molar refractivity (Wildman–Crippen MR) is 76.3 cm³/mol. The fourth-order valence-electron chi connectivity index (χ4n) is 1.76. The van der Waals surface area contributed by atoms with Gasteiger partial charge in [-0.05, 0) is 36.1 Å². The summed E-state index contributed by atoms with van der Waals surface area (Å²) in [5.74, 6) is 1.63. The highest BCUT2D eigenvalue weighted by molar-refractivity contribution is 6.17. The minimum Gasteiger partial charge on any atom is -0.489 e. The largest absolute Gasteiger partial charge is 0.489 e. The number of para-hydroxylation sites is 1. The molecule has 0 radical (unpaired) electrons. The van der Waals surface area contributed by atoms with Gasteiger partial charge in [-0.2, -0.15) is 0 Å². The Bertz CT molecular complexity index is 450. The summed E-state index contributed by atoms with van der Waals surface area (Å²) >= 11 is 5.68. The summed E-state index contributed by atoms with van der Waals surface area (Å²) in [5, 5.41) is 0. The van der Waals surface area contributed by atoms with E-state index in [0.29, 0.717) is 6.61 Å². The standard InChI is InChI=1S/C16H17ClO/c17-12-4-5-14-8-10-15(11-9-14)13-18-16-6-2-1-3-7-16/h1-3,6-11H,4-5,12-13H2. The average Bonchev–Trinajstić information content (AvgIpc) is 2.45. The molecule has 2 rings (SSSR count). The van der Waals surface area contributed by atoms with Gasteiger partial charge in [-0.15, -0.1) is 11.6 Å². The molecular formula is C16H17ClO. The number of aryl methyl sites for hydroxylation is 1. The van der Waals surface area contributed by atoms with Gasteiger partial charge in [0, 0.05) is 5.88 Å². The van der Waals surface area contributed by atoms with E-state index >= 15 is 0 Å². The Kier molecular flexibility index (Phi) is 5.10. The maximum atomic E-state index is 5.69. The van der Waals surface area contributed by atoms with Crippen molar-refractivity contribution >= 4 is 11.6 Å². The third-order valence-corrected chi connectivity index (χ3v) is 3.04. The molecule has 0 saturated carbocycles. The van der Waals surface area contributed by atoms with Gasteiger partial charge in [0.25, 0.3) is 0 Å². The van der Waals surface area contributed by atoms with Crippen molar-refractivity contribution in [3.8, 4) is 5.75 Å². The van der Waals surface area contributed by atoms with Gasteiger partial charge in [0.05, 0.1) is 0 Å². The molecule has 0 unspecified atom stereocenters.